The second-order valence-electron chi connectivity index (χ2n) is 4.78. The Morgan fingerprint density at radius 3 is 2.71 bits per heavy atom. The highest BCUT2D eigenvalue weighted by Gasteiger charge is 2.39. The van der Waals surface area contributed by atoms with E-state index in [9.17, 15) is 4.79 Å². The van der Waals surface area contributed by atoms with E-state index < -0.39 is 5.54 Å². The summed E-state index contributed by atoms with van der Waals surface area (Å²) in [5.74, 6) is -0.270. The third-order valence-electron chi connectivity index (χ3n) is 3.31. The number of amides is 1. The van der Waals surface area contributed by atoms with Crippen molar-refractivity contribution < 1.29 is 4.79 Å². The Hall–Kier alpha value is -1.55. The highest BCUT2D eigenvalue weighted by molar-refractivity contribution is 5.88. The van der Waals surface area contributed by atoms with Gasteiger partial charge in [0.05, 0.1) is 0 Å². The predicted octanol–water partition coefficient (Wildman–Crippen LogP) is 1.05. The summed E-state index contributed by atoms with van der Waals surface area (Å²) in [5, 5.41) is 3.31. The Morgan fingerprint density at radius 1 is 1.41 bits per heavy atom. The van der Waals surface area contributed by atoms with E-state index in [1.165, 1.54) is 0 Å². The van der Waals surface area contributed by atoms with Gasteiger partial charge >= 0.3 is 0 Å². The molecule has 1 amide bonds. The summed E-state index contributed by atoms with van der Waals surface area (Å²) in [7, 11) is 2.02. The number of carbonyl (C=O) groups excluding carboxylic acids is 1. The minimum Gasteiger partial charge on any atom is -0.370 e. The molecule has 4 heteroatoms. The van der Waals surface area contributed by atoms with Gasteiger partial charge in [-0.2, -0.15) is 0 Å². The van der Waals surface area contributed by atoms with Crippen molar-refractivity contribution in [3.05, 3.63) is 30.3 Å². The molecule has 1 heterocycles. The van der Waals surface area contributed by atoms with Crippen LogP contribution in [0.2, 0.25) is 0 Å². The first-order valence-electron chi connectivity index (χ1n) is 5.94. The van der Waals surface area contributed by atoms with Crippen LogP contribution in [0.3, 0.4) is 0 Å². The van der Waals surface area contributed by atoms with Crippen molar-refractivity contribution in [3.8, 4) is 0 Å². The molecule has 3 N–H and O–H groups in total. The van der Waals surface area contributed by atoms with Crippen LogP contribution in [0, 0.1) is 0 Å². The molecule has 1 aromatic rings. The molecular weight excluding hydrogens is 214 g/mol. The number of nitrogens with two attached hydrogens (primary N) is 1. The van der Waals surface area contributed by atoms with Crippen molar-refractivity contribution in [3.63, 3.8) is 0 Å². The number of piperidine rings is 1. The molecule has 1 atom stereocenters. The molecule has 1 aliphatic rings. The maximum Gasteiger partial charge on any atom is 0.244 e. The maximum atomic E-state index is 11.8. The van der Waals surface area contributed by atoms with Crippen LogP contribution in [-0.2, 0) is 4.79 Å². The number of primary amides is 1. The van der Waals surface area contributed by atoms with Gasteiger partial charge in [-0.3, -0.25) is 4.79 Å². The number of hydrogen-bond donors (Lipinski definition) is 2. The summed E-state index contributed by atoms with van der Waals surface area (Å²) in [4.78, 5) is 13.9. The lowest BCUT2D eigenvalue weighted by Gasteiger charge is -2.40. The average Bonchev–Trinajstić information content (AvgIpc) is 2.30. The fraction of sp³-hybridized carbons (Fsp3) is 0.462. The minimum absolute atomic E-state index is 0.270. The van der Waals surface area contributed by atoms with Crippen molar-refractivity contribution in [1.29, 1.82) is 0 Å². The Morgan fingerprint density at radius 2 is 2.12 bits per heavy atom. The minimum atomic E-state index is -0.631. The number of likely N-dealkylation sites (tertiary alicyclic amines) is 1. The molecule has 0 saturated carbocycles. The fourth-order valence-electron chi connectivity index (χ4n) is 2.43. The molecule has 0 bridgehead atoms. The zero-order valence-electron chi connectivity index (χ0n) is 10.1. The number of para-hydroxylation sites is 1. The summed E-state index contributed by atoms with van der Waals surface area (Å²) in [6.07, 6.45) is 1.78. The highest BCUT2D eigenvalue weighted by Crippen LogP contribution is 2.25. The van der Waals surface area contributed by atoms with Crippen LogP contribution < -0.4 is 11.1 Å². The molecule has 92 valence electrons. The van der Waals surface area contributed by atoms with Gasteiger partial charge in [0.15, 0.2) is 0 Å². The summed E-state index contributed by atoms with van der Waals surface area (Å²) in [6, 6.07) is 9.76. The lowest BCUT2D eigenvalue weighted by Crippen LogP contribution is -2.59. The zero-order valence-corrected chi connectivity index (χ0v) is 10.1. The van der Waals surface area contributed by atoms with E-state index in [-0.39, 0.29) is 5.91 Å². The summed E-state index contributed by atoms with van der Waals surface area (Å²) in [6.45, 7) is 1.68. The Balaban J connectivity index is 2.20. The van der Waals surface area contributed by atoms with E-state index in [0.717, 1.165) is 25.1 Å². The van der Waals surface area contributed by atoms with Crippen molar-refractivity contribution in [2.75, 3.05) is 25.5 Å². The van der Waals surface area contributed by atoms with Gasteiger partial charge in [0.25, 0.3) is 0 Å². The maximum absolute atomic E-state index is 11.8. The van der Waals surface area contributed by atoms with E-state index in [4.69, 9.17) is 5.73 Å². The highest BCUT2D eigenvalue weighted by atomic mass is 16.1. The topological polar surface area (TPSA) is 58.4 Å². The van der Waals surface area contributed by atoms with E-state index in [1.54, 1.807) is 0 Å². The number of rotatable bonds is 3. The van der Waals surface area contributed by atoms with Crippen LogP contribution in [0.1, 0.15) is 12.8 Å². The lowest BCUT2D eigenvalue weighted by atomic mass is 9.88. The molecular formula is C13H19N3O. The third kappa shape index (κ3) is 2.58. The van der Waals surface area contributed by atoms with Gasteiger partial charge in [0, 0.05) is 12.2 Å². The monoisotopic (exact) mass is 233 g/mol. The van der Waals surface area contributed by atoms with Gasteiger partial charge in [-0.05, 0) is 38.6 Å². The van der Waals surface area contributed by atoms with Gasteiger partial charge in [-0.25, -0.2) is 0 Å². The van der Waals surface area contributed by atoms with Gasteiger partial charge in [-0.15, -0.1) is 0 Å². The molecule has 2 rings (SSSR count). The first-order chi connectivity index (χ1) is 8.12. The zero-order chi connectivity index (χ0) is 12.3. The SMILES string of the molecule is CN1CCCC(Nc2ccccc2)(C(N)=O)C1. The average molecular weight is 233 g/mol. The van der Waals surface area contributed by atoms with Gasteiger partial charge in [-0.1, -0.05) is 18.2 Å². The van der Waals surface area contributed by atoms with Crippen molar-refractivity contribution in [2.24, 2.45) is 5.73 Å². The largest absolute Gasteiger partial charge is 0.370 e. The number of likely N-dealkylation sites (N-methyl/N-ethyl adjacent to an activating group) is 1. The molecule has 0 radical (unpaired) electrons. The van der Waals surface area contributed by atoms with Crippen molar-refractivity contribution >= 4 is 11.6 Å². The van der Waals surface area contributed by atoms with E-state index in [2.05, 4.69) is 10.2 Å². The number of nitrogens with zero attached hydrogens (tertiary/aromatic N) is 1. The molecule has 4 nitrogen and oxygen atoms in total. The normalized spacial score (nSPS) is 25.5. The van der Waals surface area contributed by atoms with Crippen molar-refractivity contribution in [2.45, 2.75) is 18.4 Å². The fourth-order valence-corrected chi connectivity index (χ4v) is 2.43. The van der Waals surface area contributed by atoms with Gasteiger partial charge < -0.3 is 16.0 Å². The lowest BCUT2D eigenvalue weighted by molar-refractivity contribution is -0.123. The number of nitrogens with one attached hydrogen (secondary N) is 1. The Labute approximate surface area is 102 Å². The molecule has 1 aliphatic heterocycles. The van der Waals surface area contributed by atoms with Crippen LogP contribution >= 0.6 is 0 Å². The second-order valence-corrected chi connectivity index (χ2v) is 4.78. The first-order valence-corrected chi connectivity index (χ1v) is 5.94. The summed E-state index contributed by atoms with van der Waals surface area (Å²) >= 11 is 0. The molecule has 1 unspecified atom stereocenters. The van der Waals surface area contributed by atoms with Crippen LogP contribution in [0.15, 0.2) is 30.3 Å². The molecule has 0 aliphatic carbocycles. The van der Waals surface area contributed by atoms with Crippen LogP contribution in [0.4, 0.5) is 5.69 Å². The van der Waals surface area contributed by atoms with Crippen molar-refractivity contribution in [1.82, 2.24) is 4.90 Å². The van der Waals surface area contributed by atoms with Gasteiger partial charge in [0.1, 0.15) is 5.54 Å². The Kier molecular flexibility index (Phi) is 3.33. The quantitative estimate of drug-likeness (QED) is 0.820. The molecule has 1 saturated heterocycles. The first kappa shape index (κ1) is 11.9. The summed E-state index contributed by atoms with van der Waals surface area (Å²) < 4.78 is 0. The van der Waals surface area contributed by atoms with E-state index in [0.29, 0.717) is 6.54 Å². The number of hydrogen-bond acceptors (Lipinski definition) is 3. The van der Waals surface area contributed by atoms with E-state index in [1.807, 2.05) is 37.4 Å². The smallest absolute Gasteiger partial charge is 0.244 e. The number of benzene rings is 1. The summed E-state index contributed by atoms with van der Waals surface area (Å²) in [5.41, 5.74) is 5.90. The molecule has 0 spiro atoms. The van der Waals surface area contributed by atoms with Crippen LogP contribution in [-0.4, -0.2) is 36.5 Å². The van der Waals surface area contributed by atoms with Crippen LogP contribution in [0.5, 0.6) is 0 Å². The number of carbonyl (C=O) groups is 1. The molecule has 0 aromatic heterocycles. The predicted molar refractivity (Wildman–Crippen MR) is 68.7 cm³/mol. The van der Waals surface area contributed by atoms with Crippen LogP contribution in [0.25, 0.3) is 0 Å². The molecule has 1 fully saturated rings. The Bertz CT molecular complexity index is 393. The van der Waals surface area contributed by atoms with E-state index >= 15 is 0 Å². The molecule has 1 aromatic carbocycles. The van der Waals surface area contributed by atoms with Gasteiger partial charge in [0.2, 0.25) is 5.91 Å². The second kappa shape index (κ2) is 4.75. The third-order valence-corrected chi connectivity index (χ3v) is 3.31. The standard InChI is InChI=1S/C13H19N3O/c1-16-9-5-8-13(10-16,12(14)17)15-11-6-3-2-4-7-11/h2-4,6-7,15H,5,8-10H2,1H3,(H2,14,17). The molecule has 17 heavy (non-hydrogen) atoms. The number of anilines is 1.